The van der Waals surface area contributed by atoms with Crippen LogP contribution in [0.3, 0.4) is 0 Å². The van der Waals surface area contributed by atoms with Crippen molar-refractivity contribution in [2.24, 2.45) is 7.05 Å². The third-order valence-corrected chi connectivity index (χ3v) is 2.41. The van der Waals surface area contributed by atoms with E-state index in [1.54, 1.807) is 6.33 Å². The predicted octanol–water partition coefficient (Wildman–Crippen LogP) is -0.166. The molecule has 2 rings (SSSR count). The normalized spacial score (nSPS) is 10.7. The lowest BCUT2D eigenvalue weighted by atomic mass is 10.3. The number of carbonyl (C=O) groups is 1. The van der Waals surface area contributed by atoms with Crippen molar-refractivity contribution in [3.8, 4) is 0 Å². The van der Waals surface area contributed by atoms with E-state index in [0.717, 1.165) is 12.2 Å². The van der Waals surface area contributed by atoms with E-state index in [2.05, 4.69) is 20.7 Å². The standard InChI is InChI=1S/C10H13N5O3/c1-15-6-12-13-9(15)2-3-11-5-7-4-8(10(16)17)14-18-7/h4,6,11H,2-3,5H2,1H3,(H,16,17). The van der Waals surface area contributed by atoms with Crippen molar-refractivity contribution in [2.75, 3.05) is 6.54 Å². The maximum Gasteiger partial charge on any atom is 0.358 e. The van der Waals surface area contributed by atoms with Crippen molar-refractivity contribution < 1.29 is 14.4 Å². The molecular formula is C10H13N5O3. The van der Waals surface area contributed by atoms with Crippen LogP contribution < -0.4 is 5.32 Å². The summed E-state index contributed by atoms with van der Waals surface area (Å²) >= 11 is 0. The lowest BCUT2D eigenvalue weighted by Gasteiger charge is -2.01. The molecule has 8 heteroatoms. The minimum Gasteiger partial charge on any atom is -0.476 e. The zero-order chi connectivity index (χ0) is 13.0. The van der Waals surface area contributed by atoms with Gasteiger partial charge in [-0.15, -0.1) is 10.2 Å². The molecule has 0 saturated heterocycles. The van der Waals surface area contributed by atoms with E-state index >= 15 is 0 Å². The summed E-state index contributed by atoms with van der Waals surface area (Å²) in [5.74, 6) is 0.278. The summed E-state index contributed by atoms with van der Waals surface area (Å²) in [6.45, 7) is 1.12. The first-order valence-corrected chi connectivity index (χ1v) is 5.39. The molecule has 2 aromatic rings. The molecule has 2 N–H and O–H groups in total. The molecule has 0 spiro atoms. The Balaban J connectivity index is 1.75. The van der Waals surface area contributed by atoms with E-state index in [9.17, 15) is 4.79 Å². The van der Waals surface area contributed by atoms with E-state index in [1.807, 2.05) is 11.6 Å². The van der Waals surface area contributed by atoms with E-state index in [1.165, 1.54) is 6.07 Å². The Labute approximate surface area is 103 Å². The molecule has 0 saturated carbocycles. The van der Waals surface area contributed by atoms with Gasteiger partial charge in [-0.05, 0) is 0 Å². The Morgan fingerprint density at radius 1 is 1.61 bits per heavy atom. The maximum atomic E-state index is 10.6. The molecule has 0 amide bonds. The van der Waals surface area contributed by atoms with Crippen LogP contribution in [0, 0.1) is 0 Å². The fourth-order valence-corrected chi connectivity index (χ4v) is 1.44. The van der Waals surface area contributed by atoms with E-state index in [4.69, 9.17) is 9.63 Å². The highest BCUT2D eigenvalue weighted by molar-refractivity contribution is 5.85. The molecule has 0 aliphatic carbocycles. The molecule has 2 heterocycles. The molecule has 0 aliphatic rings. The molecule has 0 fully saturated rings. The highest BCUT2D eigenvalue weighted by atomic mass is 16.5. The first-order valence-electron chi connectivity index (χ1n) is 5.39. The minimum absolute atomic E-state index is 0.0832. The number of hydrogen-bond donors (Lipinski definition) is 2. The number of carboxylic acid groups (broad SMARTS) is 1. The highest BCUT2D eigenvalue weighted by Crippen LogP contribution is 2.03. The Morgan fingerprint density at radius 3 is 3.06 bits per heavy atom. The lowest BCUT2D eigenvalue weighted by Crippen LogP contribution is -2.17. The van der Waals surface area contributed by atoms with Gasteiger partial charge in [-0.1, -0.05) is 5.16 Å². The Kier molecular flexibility index (Phi) is 3.68. The summed E-state index contributed by atoms with van der Waals surface area (Å²) < 4.78 is 6.71. The largest absolute Gasteiger partial charge is 0.476 e. The lowest BCUT2D eigenvalue weighted by molar-refractivity contribution is 0.0685. The Bertz CT molecular complexity index is 533. The van der Waals surface area contributed by atoms with Gasteiger partial charge < -0.3 is 19.5 Å². The van der Waals surface area contributed by atoms with Crippen LogP contribution in [0.5, 0.6) is 0 Å². The van der Waals surface area contributed by atoms with Gasteiger partial charge in [-0.25, -0.2) is 4.79 Å². The first kappa shape index (κ1) is 12.2. The van der Waals surface area contributed by atoms with Gasteiger partial charge in [0.1, 0.15) is 12.2 Å². The van der Waals surface area contributed by atoms with Crippen molar-refractivity contribution in [1.82, 2.24) is 25.2 Å². The number of aromatic nitrogens is 4. The summed E-state index contributed by atoms with van der Waals surface area (Å²) in [5, 5.41) is 22.9. The number of aromatic carboxylic acids is 1. The predicted molar refractivity (Wildman–Crippen MR) is 59.9 cm³/mol. The third kappa shape index (κ3) is 2.92. The number of rotatable bonds is 6. The Hall–Kier alpha value is -2.22. The molecule has 0 radical (unpaired) electrons. The number of aryl methyl sites for hydroxylation is 1. The Morgan fingerprint density at radius 2 is 2.44 bits per heavy atom. The molecule has 2 aromatic heterocycles. The van der Waals surface area contributed by atoms with Crippen LogP contribution in [0.25, 0.3) is 0 Å². The number of carboxylic acids is 1. The average molecular weight is 251 g/mol. The topological polar surface area (TPSA) is 106 Å². The van der Waals surface area contributed by atoms with Crippen molar-refractivity contribution in [1.29, 1.82) is 0 Å². The minimum atomic E-state index is -1.09. The van der Waals surface area contributed by atoms with Gasteiger partial charge in [0, 0.05) is 26.1 Å². The molecule has 18 heavy (non-hydrogen) atoms. The van der Waals surface area contributed by atoms with Gasteiger partial charge in [0.2, 0.25) is 0 Å². The van der Waals surface area contributed by atoms with Gasteiger partial charge in [-0.2, -0.15) is 0 Å². The van der Waals surface area contributed by atoms with Crippen molar-refractivity contribution in [3.05, 3.63) is 29.7 Å². The fourth-order valence-electron chi connectivity index (χ4n) is 1.44. The first-order chi connectivity index (χ1) is 8.66. The third-order valence-electron chi connectivity index (χ3n) is 2.41. The molecule has 0 unspecified atom stereocenters. The quantitative estimate of drug-likeness (QED) is 0.686. The summed E-state index contributed by atoms with van der Waals surface area (Å²) in [4.78, 5) is 10.6. The van der Waals surface area contributed by atoms with E-state index < -0.39 is 5.97 Å². The fraction of sp³-hybridized carbons (Fsp3) is 0.400. The smallest absolute Gasteiger partial charge is 0.358 e. The van der Waals surface area contributed by atoms with Gasteiger partial charge in [0.25, 0.3) is 0 Å². The second-order valence-corrected chi connectivity index (χ2v) is 3.77. The van der Waals surface area contributed by atoms with Gasteiger partial charge >= 0.3 is 5.97 Å². The van der Waals surface area contributed by atoms with Crippen LogP contribution >= 0.6 is 0 Å². The SMILES string of the molecule is Cn1cnnc1CCNCc1cc(C(=O)O)no1. The maximum absolute atomic E-state index is 10.6. The second kappa shape index (κ2) is 5.41. The van der Waals surface area contributed by atoms with Crippen LogP contribution in [-0.4, -0.2) is 37.5 Å². The second-order valence-electron chi connectivity index (χ2n) is 3.77. The number of nitrogens with zero attached hydrogens (tertiary/aromatic N) is 4. The summed E-state index contributed by atoms with van der Waals surface area (Å²) in [6, 6.07) is 1.40. The zero-order valence-corrected chi connectivity index (χ0v) is 9.83. The van der Waals surface area contributed by atoms with Gasteiger partial charge in [-0.3, -0.25) is 0 Å². The average Bonchev–Trinajstić information content (AvgIpc) is 2.94. The molecule has 8 nitrogen and oxygen atoms in total. The van der Waals surface area contributed by atoms with Crippen LogP contribution in [-0.2, 0) is 20.0 Å². The van der Waals surface area contributed by atoms with Crippen LogP contribution in [0.4, 0.5) is 0 Å². The molecule has 0 aromatic carbocycles. The molecule has 0 atom stereocenters. The van der Waals surface area contributed by atoms with Crippen LogP contribution in [0.1, 0.15) is 22.1 Å². The monoisotopic (exact) mass is 251 g/mol. The molecule has 0 aliphatic heterocycles. The highest BCUT2D eigenvalue weighted by Gasteiger charge is 2.10. The number of nitrogens with one attached hydrogen (secondary N) is 1. The van der Waals surface area contributed by atoms with Crippen LogP contribution in [0.2, 0.25) is 0 Å². The molecule has 0 bridgehead atoms. The van der Waals surface area contributed by atoms with Gasteiger partial charge in [0.15, 0.2) is 11.5 Å². The van der Waals surface area contributed by atoms with Crippen molar-refractivity contribution >= 4 is 5.97 Å². The van der Waals surface area contributed by atoms with E-state index in [-0.39, 0.29) is 5.69 Å². The molecular weight excluding hydrogens is 238 g/mol. The summed E-state index contributed by atoms with van der Waals surface area (Å²) in [5.41, 5.74) is -0.0832. The zero-order valence-electron chi connectivity index (χ0n) is 9.83. The van der Waals surface area contributed by atoms with E-state index in [0.29, 0.717) is 18.8 Å². The molecule has 96 valence electrons. The number of hydrogen-bond acceptors (Lipinski definition) is 6. The summed E-state index contributed by atoms with van der Waals surface area (Å²) in [6.07, 6.45) is 2.38. The van der Waals surface area contributed by atoms with Crippen molar-refractivity contribution in [2.45, 2.75) is 13.0 Å². The summed E-state index contributed by atoms with van der Waals surface area (Å²) in [7, 11) is 1.88. The van der Waals surface area contributed by atoms with Gasteiger partial charge in [0.05, 0.1) is 6.54 Å². The van der Waals surface area contributed by atoms with Crippen molar-refractivity contribution in [3.63, 3.8) is 0 Å². The van der Waals surface area contributed by atoms with Crippen LogP contribution in [0.15, 0.2) is 16.9 Å².